The van der Waals surface area contributed by atoms with Crippen LogP contribution in [-0.4, -0.2) is 35.0 Å². The molecule has 0 aliphatic carbocycles. The van der Waals surface area contributed by atoms with Crippen LogP contribution in [0.3, 0.4) is 0 Å². The summed E-state index contributed by atoms with van der Waals surface area (Å²) in [7, 11) is 0. The maximum absolute atomic E-state index is 13.4. The van der Waals surface area contributed by atoms with E-state index in [1.807, 2.05) is 60.4 Å². The van der Waals surface area contributed by atoms with Crippen molar-refractivity contribution in [1.29, 1.82) is 5.41 Å². The Morgan fingerprint density at radius 3 is 2.75 bits per heavy atom. The molecule has 0 aromatic heterocycles. The third-order valence-corrected chi connectivity index (χ3v) is 7.63. The molecule has 5 rings (SSSR count). The molecule has 3 aliphatic heterocycles. The molecule has 3 heterocycles. The molecule has 2 unspecified atom stereocenters. The van der Waals surface area contributed by atoms with Crippen molar-refractivity contribution in [3.8, 4) is 0 Å². The molecule has 0 radical (unpaired) electrons. The first-order valence-electron chi connectivity index (χ1n) is 10.6. The van der Waals surface area contributed by atoms with Crippen LogP contribution in [0.2, 0.25) is 0 Å². The van der Waals surface area contributed by atoms with Gasteiger partial charge < -0.3 is 10.6 Å². The minimum atomic E-state index is -0.981. The molecular formula is C24H23N5O2S. The fourth-order valence-electron chi connectivity index (χ4n) is 5.10. The fourth-order valence-corrected chi connectivity index (χ4v) is 6.07. The summed E-state index contributed by atoms with van der Waals surface area (Å²) >= 11 is 1.21. The predicted octanol–water partition coefficient (Wildman–Crippen LogP) is 3.02. The summed E-state index contributed by atoms with van der Waals surface area (Å²) in [5, 5.41) is 10.2. The summed E-state index contributed by atoms with van der Waals surface area (Å²) in [5.41, 5.74) is 9.27. The summed E-state index contributed by atoms with van der Waals surface area (Å²) in [6.45, 7) is 2.61. The van der Waals surface area contributed by atoms with E-state index in [0.29, 0.717) is 24.2 Å². The van der Waals surface area contributed by atoms with Gasteiger partial charge in [0.1, 0.15) is 5.70 Å². The number of benzene rings is 2. The number of thioether (sulfide) groups is 1. The van der Waals surface area contributed by atoms with Crippen molar-refractivity contribution in [2.45, 2.75) is 30.4 Å². The van der Waals surface area contributed by atoms with E-state index in [2.05, 4.69) is 10.3 Å². The van der Waals surface area contributed by atoms with Crippen LogP contribution in [0.25, 0.3) is 0 Å². The van der Waals surface area contributed by atoms with E-state index in [1.54, 1.807) is 6.21 Å². The Labute approximate surface area is 190 Å². The molecule has 0 saturated heterocycles. The highest BCUT2D eigenvalue weighted by atomic mass is 32.2. The Morgan fingerprint density at radius 1 is 1.22 bits per heavy atom. The second kappa shape index (κ2) is 7.63. The molecule has 8 heteroatoms. The van der Waals surface area contributed by atoms with Gasteiger partial charge in [-0.25, -0.2) is 0 Å². The van der Waals surface area contributed by atoms with Crippen molar-refractivity contribution in [2.75, 3.05) is 11.4 Å². The monoisotopic (exact) mass is 445 g/mol. The third kappa shape index (κ3) is 2.90. The van der Waals surface area contributed by atoms with Gasteiger partial charge in [-0.3, -0.25) is 25.3 Å². The second-order valence-corrected chi connectivity index (χ2v) is 9.31. The van der Waals surface area contributed by atoms with Crippen LogP contribution in [0, 0.1) is 5.41 Å². The number of amidine groups is 1. The largest absolute Gasteiger partial charge is 0.379 e. The maximum Gasteiger partial charge on any atom is 0.275 e. The quantitative estimate of drug-likeness (QED) is 0.372. The van der Waals surface area contributed by atoms with Gasteiger partial charge in [-0.05, 0) is 36.1 Å². The Bertz CT molecular complexity index is 1220. The summed E-state index contributed by atoms with van der Waals surface area (Å²) in [6, 6.07) is 15.6. The molecule has 2 amide bonds. The zero-order valence-corrected chi connectivity index (χ0v) is 18.4. The van der Waals surface area contributed by atoms with E-state index in [9.17, 15) is 9.59 Å². The molecule has 0 saturated carbocycles. The highest BCUT2D eigenvalue weighted by molar-refractivity contribution is 8.14. The number of fused-ring (bicyclic) bond motifs is 2. The lowest BCUT2D eigenvalue weighted by Gasteiger charge is -2.37. The molecule has 2 aromatic rings. The Kier molecular flexibility index (Phi) is 4.89. The van der Waals surface area contributed by atoms with E-state index in [0.717, 1.165) is 28.9 Å². The fraction of sp³-hybridized carbons (Fsp3) is 0.250. The van der Waals surface area contributed by atoms with Gasteiger partial charge in [0.05, 0.1) is 16.7 Å². The molecule has 0 fully saturated rings. The first-order valence-corrected chi connectivity index (χ1v) is 11.5. The first kappa shape index (κ1) is 20.5. The molecule has 0 spiro atoms. The summed E-state index contributed by atoms with van der Waals surface area (Å²) in [4.78, 5) is 33.2. The van der Waals surface area contributed by atoms with Gasteiger partial charge in [0.25, 0.3) is 11.8 Å². The minimum Gasteiger partial charge on any atom is -0.379 e. The zero-order chi connectivity index (χ0) is 22.5. The molecule has 32 heavy (non-hydrogen) atoms. The molecule has 2 atom stereocenters. The van der Waals surface area contributed by atoms with Crippen LogP contribution in [0.5, 0.6) is 0 Å². The van der Waals surface area contributed by atoms with E-state index >= 15 is 0 Å². The van der Waals surface area contributed by atoms with Gasteiger partial charge in [-0.2, -0.15) is 0 Å². The van der Waals surface area contributed by atoms with Crippen LogP contribution in [0.15, 0.2) is 64.8 Å². The van der Waals surface area contributed by atoms with E-state index in [4.69, 9.17) is 11.1 Å². The molecular weight excluding hydrogens is 422 g/mol. The summed E-state index contributed by atoms with van der Waals surface area (Å²) in [5.74, 6) is -0.818. The average molecular weight is 446 g/mol. The molecule has 3 aliphatic rings. The summed E-state index contributed by atoms with van der Waals surface area (Å²) < 4.78 is 0. The highest BCUT2D eigenvalue weighted by Crippen LogP contribution is 2.51. The number of nitrogens with one attached hydrogen (secondary N) is 2. The first-order chi connectivity index (χ1) is 15.5. The van der Waals surface area contributed by atoms with Crippen LogP contribution < -0.4 is 16.0 Å². The van der Waals surface area contributed by atoms with Gasteiger partial charge in [-0.1, -0.05) is 55.1 Å². The van der Waals surface area contributed by atoms with Crippen molar-refractivity contribution < 1.29 is 9.59 Å². The number of para-hydroxylation sites is 2. The van der Waals surface area contributed by atoms with Crippen molar-refractivity contribution in [3.05, 3.63) is 70.9 Å². The molecule has 2 aromatic carbocycles. The van der Waals surface area contributed by atoms with Gasteiger partial charge in [0, 0.05) is 23.7 Å². The number of rotatable bonds is 5. The number of hydrogen-bond acceptors (Lipinski definition) is 6. The van der Waals surface area contributed by atoms with Crippen molar-refractivity contribution >= 4 is 46.3 Å². The maximum atomic E-state index is 13.4. The molecule has 0 bridgehead atoms. The van der Waals surface area contributed by atoms with Crippen LogP contribution in [0.1, 0.15) is 24.5 Å². The number of imide groups is 1. The predicted molar refractivity (Wildman–Crippen MR) is 128 cm³/mol. The van der Waals surface area contributed by atoms with Crippen molar-refractivity contribution in [3.63, 3.8) is 0 Å². The van der Waals surface area contributed by atoms with Crippen LogP contribution in [-0.2, 0) is 21.4 Å². The molecule has 4 N–H and O–H groups in total. The molecule has 162 valence electrons. The van der Waals surface area contributed by atoms with Crippen LogP contribution in [0.4, 0.5) is 11.4 Å². The van der Waals surface area contributed by atoms with E-state index in [1.165, 1.54) is 11.8 Å². The van der Waals surface area contributed by atoms with E-state index < -0.39 is 17.2 Å². The number of nitrogens with zero attached hydrogens (tertiary/aromatic N) is 2. The number of carbonyl (C=O) groups excluding carboxylic acids is 2. The van der Waals surface area contributed by atoms with Crippen molar-refractivity contribution in [2.24, 2.45) is 10.7 Å². The molecule has 7 nitrogen and oxygen atoms in total. The smallest absolute Gasteiger partial charge is 0.275 e. The number of amides is 2. The minimum absolute atomic E-state index is 0.0348. The Morgan fingerprint density at radius 2 is 1.97 bits per heavy atom. The van der Waals surface area contributed by atoms with Crippen molar-refractivity contribution in [1.82, 2.24) is 5.32 Å². The van der Waals surface area contributed by atoms with Crippen LogP contribution >= 0.6 is 11.8 Å². The SMILES string of the molecule is CCC(SC(=N)N)C1(C2=C(N3CCc4ccccc43)C(=O)NC2=O)C=Nc2ccccc21. The number of aliphatic imine (C=N–C) groups is 1. The van der Waals surface area contributed by atoms with Gasteiger partial charge in [0.2, 0.25) is 0 Å². The lowest BCUT2D eigenvalue weighted by molar-refractivity contribution is -0.124. The average Bonchev–Trinajstić information content (AvgIpc) is 3.45. The van der Waals surface area contributed by atoms with E-state index in [-0.39, 0.29) is 10.4 Å². The Balaban J connectivity index is 1.79. The highest BCUT2D eigenvalue weighted by Gasteiger charge is 2.54. The normalized spacial score (nSPS) is 22.2. The number of hydrogen-bond donors (Lipinski definition) is 3. The third-order valence-electron chi connectivity index (χ3n) is 6.38. The summed E-state index contributed by atoms with van der Waals surface area (Å²) in [6.07, 6.45) is 3.20. The standard InChI is InChI=1S/C24H23N5O2S/c1-2-18(32-23(25)26)24(13-27-16-9-5-4-8-15(16)24)19-20(22(31)28-21(19)30)29-12-11-14-7-3-6-10-17(14)29/h3-10,13,18H,2,11-12H2,1H3,(H3,25,26)(H,28,30,31). The van der Waals surface area contributed by atoms with Gasteiger partial charge >= 0.3 is 0 Å². The topological polar surface area (TPSA) is 112 Å². The second-order valence-electron chi connectivity index (χ2n) is 8.06. The number of carbonyl (C=O) groups is 2. The van der Waals surface area contributed by atoms with Gasteiger partial charge in [-0.15, -0.1) is 0 Å². The number of nitrogens with two attached hydrogens (primary N) is 1. The zero-order valence-electron chi connectivity index (χ0n) is 17.6. The lowest BCUT2D eigenvalue weighted by atomic mass is 9.71. The van der Waals surface area contributed by atoms with Gasteiger partial charge in [0.15, 0.2) is 5.17 Å². The number of anilines is 1. The Hall–Kier alpha value is -3.39. The lowest BCUT2D eigenvalue weighted by Crippen LogP contribution is -2.44.